The van der Waals surface area contributed by atoms with Gasteiger partial charge in [-0.05, 0) is 64.0 Å². The van der Waals surface area contributed by atoms with Crippen LogP contribution in [0.2, 0.25) is 0 Å². The van der Waals surface area contributed by atoms with E-state index in [-0.39, 0.29) is 0 Å². The molecular weight excluding hydrogens is 699 g/mol. The topological polar surface area (TPSA) is 61.7 Å². The van der Waals surface area contributed by atoms with Gasteiger partial charge in [0.1, 0.15) is 11.2 Å². The van der Waals surface area contributed by atoms with Gasteiger partial charge in [-0.3, -0.25) is 4.57 Å². The van der Waals surface area contributed by atoms with Gasteiger partial charge < -0.3 is 8.98 Å². The minimum Gasteiger partial charge on any atom is -0.456 e. The quantitative estimate of drug-likeness (QED) is 0.169. The van der Waals surface area contributed by atoms with Gasteiger partial charge in [-0.1, -0.05) is 133 Å². The van der Waals surface area contributed by atoms with E-state index in [1.165, 1.54) is 26.9 Å². The second-order valence-electron chi connectivity index (χ2n) is 14.8. The van der Waals surface area contributed by atoms with E-state index in [0.29, 0.717) is 17.6 Å². The van der Waals surface area contributed by atoms with Gasteiger partial charge in [0, 0.05) is 49.1 Å². The van der Waals surface area contributed by atoms with E-state index in [9.17, 15) is 0 Å². The zero-order chi connectivity index (χ0) is 37.2. The highest BCUT2D eigenvalue weighted by molar-refractivity contribution is 6.33. The maximum atomic E-state index is 6.34. The highest BCUT2D eigenvalue weighted by atomic mass is 16.3. The van der Waals surface area contributed by atoms with Gasteiger partial charge in [0.05, 0.1) is 22.1 Å². The Morgan fingerprint density at radius 3 is 1.56 bits per heavy atom. The van der Waals surface area contributed by atoms with Crippen LogP contribution in [-0.4, -0.2) is 24.1 Å². The van der Waals surface area contributed by atoms with E-state index in [0.717, 1.165) is 77.0 Å². The second kappa shape index (κ2) is 11.4. The summed E-state index contributed by atoms with van der Waals surface area (Å²) >= 11 is 0. The first-order valence-electron chi connectivity index (χ1n) is 19.2. The molecule has 57 heavy (non-hydrogen) atoms. The minimum absolute atomic E-state index is 0.559. The Kier molecular flexibility index (Phi) is 6.07. The molecule has 6 nitrogen and oxygen atoms in total. The van der Waals surface area contributed by atoms with Crippen LogP contribution >= 0.6 is 0 Å². The van der Waals surface area contributed by atoms with Crippen molar-refractivity contribution in [2.24, 2.45) is 0 Å². The number of hydrogen-bond donors (Lipinski definition) is 0. The monoisotopic (exact) mass is 727 g/mol. The van der Waals surface area contributed by atoms with Crippen molar-refractivity contribution in [2.45, 2.75) is 0 Å². The van der Waals surface area contributed by atoms with Crippen LogP contribution in [0, 0.1) is 0 Å². The summed E-state index contributed by atoms with van der Waals surface area (Å²) in [7, 11) is 0. The molecule has 0 aliphatic rings. The summed E-state index contributed by atoms with van der Waals surface area (Å²) in [6, 6.07) is 61.8. The molecule has 0 aliphatic heterocycles. The van der Waals surface area contributed by atoms with Gasteiger partial charge >= 0.3 is 0 Å². The number of rotatable bonds is 4. The van der Waals surface area contributed by atoms with Crippen molar-refractivity contribution in [1.29, 1.82) is 0 Å². The molecule has 13 rings (SSSR count). The number of benzene rings is 9. The van der Waals surface area contributed by atoms with E-state index in [4.69, 9.17) is 19.4 Å². The van der Waals surface area contributed by atoms with E-state index in [1.54, 1.807) is 0 Å². The van der Waals surface area contributed by atoms with Crippen LogP contribution in [0.5, 0.6) is 0 Å². The zero-order valence-electron chi connectivity index (χ0n) is 30.4. The Morgan fingerprint density at radius 2 is 0.877 bits per heavy atom. The lowest BCUT2D eigenvalue weighted by Gasteiger charge is -2.14. The molecule has 0 amide bonds. The Bertz CT molecular complexity index is 3750. The summed E-state index contributed by atoms with van der Waals surface area (Å²) in [5, 5.41) is 11.6. The summed E-state index contributed by atoms with van der Waals surface area (Å²) in [6.45, 7) is 0. The van der Waals surface area contributed by atoms with Crippen molar-refractivity contribution in [1.82, 2.24) is 24.1 Å². The fraction of sp³-hybridized carbons (Fsp3) is 0. The standard InChI is InChI=1S/C51H29N5O/c1-3-13-30(14-4-1)49-52-50(31-25-26-33-36-19-11-23-43-45(36)46-37(40(33)29-31)20-12-24-44(46)57-43)54-51(53-49)56-42-22-10-8-18-35(42)39-28-27-38-34-17-7-9-21-41(34)55(47(38)48(39)56)32-15-5-2-6-16-32/h1-29H. The van der Waals surface area contributed by atoms with Gasteiger partial charge in [-0.25, -0.2) is 4.98 Å². The van der Waals surface area contributed by atoms with Crippen LogP contribution in [-0.2, 0) is 0 Å². The molecular formula is C51H29N5O. The lowest BCUT2D eigenvalue weighted by Crippen LogP contribution is -2.07. The zero-order valence-corrected chi connectivity index (χ0v) is 30.4. The predicted molar refractivity (Wildman–Crippen MR) is 233 cm³/mol. The third-order valence-corrected chi connectivity index (χ3v) is 11.7. The highest BCUT2D eigenvalue weighted by Gasteiger charge is 2.24. The van der Waals surface area contributed by atoms with Crippen LogP contribution in [0.3, 0.4) is 0 Å². The third kappa shape index (κ3) is 4.21. The first kappa shape index (κ1) is 30.5. The Labute approximate surface area is 324 Å². The molecule has 6 heteroatoms. The van der Waals surface area contributed by atoms with Crippen molar-refractivity contribution in [2.75, 3.05) is 0 Å². The maximum absolute atomic E-state index is 6.34. The molecule has 0 fully saturated rings. The van der Waals surface area contributed by atoms with Gasteiger partial charge in [0.15, 0.2) is 11.6 Å². The molecule has 0 saturated carbocycles. The number of aromatic nitrogens is 5. The minimum atomic E-state index is 0.559. The smallest absolute Gasteiger partial charge is 0.238 e. The summed E-state index contributed by atoms with van der Waals surface area (Å²) in [5.74, 6) is 1.77. The van der Waals surface area contributed by atoms with Gasteiger partial charge in [0.25, 0.3) is 0 Å². The Hall–Kier alpha value is -7.83. The van der Waals surface area contributed by atoms with Gasteiger partial charge in [-0.15, -0.1) is 0 Å². The van der Waals surface area contributed by atoms with Crippen LogP contribution in [0.4, 0.5) is 0 Å². The number of furan rings is 1. The Balaban J connectivity index is 1.15. The summed E-state index contributed by atoms with van der Waals surface area (Å²) in [6.07, 6.45) is 0. The molecule has 0 saturated heterocycles. The number of para-hydroxylation sites is 3. The van der Waals surface area contributed by atoms with Crippen LogP contribution in [0.25, 0.3) is 122 Å². The molecule has 0 spiro atoms. The summed E-state index contributed by atoms with van der Waals surface area (Å²) in [4.78, 5) is 16.0. The molecule has 4 aromatic heterocycles. The fourth-order valence-corrected chi connectivity index (χ4v) is 9.32. The van der Waals surface area contributed by atoms with Crippen LogP contribution in [0.15, 0.2) is 180 Å². The Morgan fingerprint density at radius 1 is 0.351 bits per heavy atom. The van der Waals surface area contributed by atoms with Crippen LogP contribution < -0.4 is 0 Å². The molecule has 0 unspecified atom stereocenters. The lowest BCUT2D eigenvalue weighted by molar-refractivity contribution is 0.669. The molecule has 0 atom stereocenters. The average molecular weight is 728 g/mol. The van der Waals surface area contributed by atoms with Gasteiger partial charge in [0.2, 0.25) is 5.95 Å². The molecule has 4 heterocycles. The molecule has 0 bridgehead atoms. The third-order valence-electron chi connectivity index (χ3n) is 11.7. The van der Waals surface area contributed by atoms with E-state index < -0.39 is 0 Å². The van der Waals surface area contributed by atoms with Gasteiger partial charge in [-0.2, -0.15) is 9.97 Å². The average Bonchev–Trinajstić information content (AvgIpc) is 3.95. The molecule has 0 aliphatic carbocycles. The lowest BCUT2D eigenvalue weighted by atomic mass is 9.93. The molecule has 0 radical (unpaired) electrons. The normalized spacial score (nSPS) is 12.2. The van der Waals surface area contributed by atoms with Crippen molar-refractivity contribution in [3.05, 3.63) is 176 Å². The van der Waals surface area contributed by atoms with E-state index >= 15 is 0 Å². The molecule has 264 valence electrons. The fourth-order valence-electron chi connectivity index (χ4n) is 9.32. The molecule has 0 N–H and O–H groups in total. The number of nitrogens with zero attached hydrogens (tertiary/aromatic N) is 5. The molecule has 13 aromatic rings. The highest BCUT2D eigenvalue weighted by Crippen LogP contribution is 2.44. The van der Waals surface area contributed by atoms with E-state index in [2.05, 4.69) is 167 Å². The van der Waals surface area contributed by atoms with E-state index in [1.807, 2.05) is 18.2 Å². The first-order chi connectivity index (χ1) is 28.3. The van der Waals surface area contributed by atoms with Crippen molar-refractivity contribution in [3.8, 4) is 34.4 Å². The largest absolute Gasteiger partial charge is 0.456 e. The van der Waals surface area contributed by atoms with Crippen LogP contribution in [0.1, 0.15) is 0 Å². The van der Waals surface area contributed by atoms with Crippen molar-refractivity contribution < 1.29 is 4.42 Å². The first-order valence-corrected chi connectivity index (χ1v) is 19.2. The summed E-state index contributed by atoms with van der Waals surface area (Å²) < 4.78 is 11.0. The predicted octanol–water partition coefficient (Wildman–Crippen LogP) is 13.0. The number of hydrogen-bond acceptors (Lipinski definition) is 4. The number of fused-ring (bicyclic) bond motifs is 10. The maximum Gasteiger partial charge on any atom is 0.238 e. The van der Waals surface area contributed by atoms with Crippen molar-refractivity contribution in [3.63, 3.8) is 0 Å². The second-order valence-corrected chi connectivity index (χ2v) is 14.8. The summed E-state index contributed by atoms with van der Waals surface area (Å²) in [5.41, 5.74) is 9.04. The van der Waals surface area contributed by atoms with Crippen molar-refractivity contribution >= 4 is 87.1 Å². The SMILES string of the molecule is c1ccc(-c2nc(-c3ccc4c(c3)c3cccc5oc6cccc4c6c53)nc(-n3c4ccccc4c4ccc5c6ccccc6n(-c6ccccc6)c5c43)n2)cc1. The molecule has 9 aromatic carbocycles.